The molecular weight excluding hydrogens is 346 g/mol. The van der Waals surface area contributed by atoms with Gasteiger partial charge in [0.05, 0.1) is 24.4 Å². The van der Waals surface area contributed by atoms with E-state index in [9.17, 15) is 10.1 Å². The number of nitrogens with one attached hydrogen (secondary N) is 1. The first-order chi connectivity index (χ1) is 13.0. The number of amides is 1. The Hall–Kier alpha value is -2.99. The molecule has 1 saturated heterocycles. The minimum absolute atomic E-state index is 0.0415. The van der Waals surface area contributed by atoms with Gasteiger partial charge in [-0.3, -0.25) is 4.79 Å². The van der Waals surface area contributed by atoms with Crippen LogP contribution < -0.4 is 10.2 Å². The molecule has 0 bridgehead atoms. The van der Waals surface area contributed by atoms with Crippen LogP contribution in [0.5, 0.6) is 0 Å². The predicted molar refractivity (Wildman–Crippen MR) is 98.4 cm³/mol. The number of hydrogen-bond donors (Lipinski definition) is 2. The Bertz CT molecular complexity index is 871. The van der Waals surface area contributed by atoms with Crippen LogP contribution in [0.2, 0.25) is 0 Å². The fraction of sp³-hybridized carbons (Fsp3) is 0.500. The average molecular weight is 369 g/mol. The van der Waals surface area contributed by atoms with Crippen LogP contribution in [-0.4, -0.2) is 57.2 Å². The van der Waals surface area contributed by atoms with Crippen LogP contribution in [0.25, 0.3) is 0 Å². The largest absolute Gasteiger partial charge is 0.395 e. The zero-order chi connectivity index (χ0) is 19.4. The van der Waals surface area contributed by atoms with E-state index in [2.05, 4.69) is 31.6 Å². The van der Waals surface area contributed by atoms with Gasteiger partial charge >= 0.3 is 0 Å². The second kappa shape index (κ2) is 8.14. The topological polar surface area (TPSA) is 120 Å². The molecule has 3 rings (SSSR count). The Balaban J connectivity index is 1.79. The average Bonchev–Trinajstić information content (AvgIpc) is 3.16. The van der Waals surface area contributed by atoms with Gasteiger partial charge in [0.25, 0.3) is 5.91 Å². The van der Waals surface area contributed by atoms with Gasteiger partial charge in [0.1, 0.15) is 11.9 Å². The summed E-state index contributed by atoms with van der Waals surface area (Å²) in [5, 5.41) is 28.9. The van der Waals surface area contributed by atoms with E-state index in [0.29, 0.717) is 17.9 Å². The van der Waals surface area contributed by atoms with E-state index in [4.69, 9.17) is 5.11 Å². The number of pyridine rings is 1. The van der Waals surface area contributed by atoms with Crippen LogP contribution >= 0.6 is 0 Å². The monoisotopic (exact) mass is 369 g/mol. The lowest BCUT2D eigenvalue weighted by Gasteiger charge is -2.34. The number of hydrogen-bond acceptors (Lipinski definition) is 7. The van der Waals surface area contributed by atoms with Gasteiger partial charge in [-0.2, -0.15) is 5.26 Å². The summed E-state index contributed by atoms with van der Waals surface area (Å²) in [5.74, 6) is 0.353. The second-order valence-electron chi connectivity index (χ2n) is 6.70. The minimum atomic E-state index is -0.356. The van der Waals surface area contributed by atoms with Gasteiger partial charge in [0, 0.05) is 25.3 Å². The van der Waals surface area contributed by atoms with E-state index in [1.807, 2.05) is 19.9 Å². The molecule has 1 aliphatic rings. The standard InChI is InChI=1S/C18H23N7O2/c1-12-8-13(2)21-17(15(12)9-19)24-6-3-4-14(10-24)25-11-16(22-23-25)18(27)20-5-7-26/h8,11,14,26H,3-7,10H2,1-2H3,(H,20,27)/t14-/m0/s1. The van der Waals surface area contributed by atoms with E-state index in [1.165, 1.54) is 0 Å². The van der Waals surface area contributed by atoms with Crippen LogP contribution in [0.4, 0.5) is 5.82 Å². The third kappa shape index (κ3) is 4.06. The Labute approximate surface area is 157 Å². The third-order valence-corrected chi connectivity index (χ3v) is 4.65. The first-order valence-corrected chi connectivity index (χ1v) is 8.97. The molecule has 9 heteroatoms. The molecule has 0 unspecified atom stereocenters. The van der Waals surface area contributed by atoms with Crippen molar-refractivity contribution >= 4 is 11.7 Å². The van der Waals surface area contributed by atoms with Gasteiger partial charge < -0.3 is 15.3 Å². The van der Waals surface area contributed by atoms with Gasteiger partial charge in [-0.05, 0) is 38.3 Å². The van der Waals surface area contributed by atoms with E-state index in [-0.39, 0.29) is 30.8 Å². The number of aryl methyl sites for hydroxylation is 2. The molecule has 0 saturated carbocycles. The molecule has 0 spiro atoms. The number of rotatable bonds is 5. The molecule has 27 heavy (non-hydrogen) atoms. The Morgan fingerprint density at radius 1 is 1.48 bits per heavy atom. The highest BCUT2D eigenvalue weighted by atomic mass is 16.3. The van der Waals surface area contributed by atoms with Crippen molar-refractivity contribution in [1.82, 2.24) is 25.3 Å². The zero-order valence-corrected chi connectivity index (χ0v) is 15.5. The first kappa shape index (κ1) is 18.8. The van der Waals surface area contributed by atoms with Crippen molar-refractivity contribution < 1.29 is 9.90 Å². The number of aliphatic hydroxyl groups is 1. The third-order valence-electron chi connectivity index (χ3n) is 4.65. The van der Waals surface area contributed by atoms with E-state index in [1.54, 1.807) is 10.9 Å². The number of nitriles is 1. The molecule has 1 fully saturated rings. The molecule has 142 valence electrons. The van der Waals surface area contributed by atoms with Crippen LogP contribution in [0, 0.1) is 25.2 Å². The number of aliphatic hydroxyl groups excluding tert-OH is 1. The Kier molecular flexibility index (Phi) is 5.66. The number of aromatic nitrogens is 4. The van der Waals surface area contributed by atoms with Crippen LogP contribution in [0.1, 0.15) is 46.2 Å². The molecule has 1 atom stereocenters. The summed E-state index contributed by atoms with van der Waals surface area (Å²) in [6, 6.07) is 4.23. The van der Waals surface area contributed by atoms with Crippen molar-refractivity contribution in [2.75, 3.05) is 31.1 Å². The Morgan fingerprint density at radius 3 is 3.04 bits per heavy atom. The lowest BCUT2D eigenvalue weighted by atomic mass is 10.0. The summed E-state index contributed by atoms with van der Waals surface area (Å²) in [6.07, 6.45) is 3.46. The number of nitrogens with zero attached hydrogens (tertiary/aromatic N) is 6. The predicted octanol–water partition coefficient (Wildman–Crippen LogP) is 0.725. The maximum absolute atomic E-state index is 11.9. The quantitative estimate of drug-likeness (QED) is 0.797. The van der Waals surface area contributed by atoms with Gasteiger partial charge in [-0.15, -0.1) is 5.10 Å². The maximum Gasteiger partial charge on any atom is 0.273 e. The van der Waals surface area contributed by atoms with E-state index in [0.717, 1.165) is 30.6 Å². The lowest BCUT2D eigenvalue weighted by molar-refractivity contribution is 0.0939. The summed E-state index contributed by atoms with van der Waals surface area (Å²) >= 11 is 0. The van der Waals surface area contributed by atoms with Crippen LogP contribution in [0.15, 0.2) is 12.3 Å². The highest BCUT2D eigenvalue weighted by Crippen LogP contribution is 2.28. The molecule has 2 N–H and O–H groups in total. The summed E-state index contributed by atoms with van der Waals surface area (Å²) < 4.78 is 1.70. The van der Waals surface area contributed by atoms with Crippen molar-refractivity contribution in [1.29, 1.82) is 5.26 Å². The SMILES string of the molecule is Cc1cc(C)c(C#N)c(N2CCC[C@H](n3cc(C(=O)NCCO)nn3)C2)n1. The lowest BCUT2D eigenvalue weighted by Crippen LogP contribution is -2.38. The molecule has 0 aromatic carbocycles. The summed E-state index contributed by atoms with van der Waals surface area (Å²) in [7, 11) is 0. The fourth-order valence-corrected chi connectivity index (χ4v) is 3.37. The van der Waals surface area contributed by atoms with Crippen molar-refractivity contribution in [2.24, 2.45) is 0 Å². The van der Waals surface area contributed by atoms with Crippen molar-refractivity contribution in [3.8, 4) is 6.07 Å². The summed E-state index contributed by atoms with van der Waals surface area (Å²) in [6.45, 7) is 5.37. The molecular formula is C18H23N7O2. The minimum Gasteiger partial charge on any atom is -0.395 e. The van der Waals surface area contributed by atoms with Crippen LogP contribution in [0.3, 0.4) is 0 Å². The molecule has 2 aromatic heterocycles. The number of carbonyl (C=O) groups is 1. The molecule has 3 heterocycles. The number of anilines is 1. The molecule has 2 aromatic rings. The fourth-order valence-electron chi connectivity index (χ4n) is 3.37. The second-order valence-corrected chi connectivity index (χ2v) is 6.70. The zero-order valence-electron chi connectivity index (χ0n) is 15.5. The molecule has 1 aliphatic heterocycles. The van der Waals surface area contributed by atoms with Crippen molar-refractivity contribution in [2.45, 2.75) is 32.7 Å². The van der Waals surface area contributed by atoms with E-state index < -0.39 is 0 Å². The summed E-state index contributed by atoms with van der Waals surface area (Å²) in [5.41, 5.74) is 2.63. The molecule has 0 radical (unpaired) electrons. The molecule has 9 nitrogen and oxygen atoms in total. The molecule has 1 amide bonds. The molecule has 0 aliphatic carbocycles. The maximum atomic E-state index is 11.9. The summed E-state index contributed by atoms with van der Waals surface area (Å²) in [4.78, 5) is 18.7. The van der Waals surface area contributed by atoms with Crippen LogP contribution in [-0.2, 0) is 0 Å². The van der Waals surface area contributed by atoms with Crippen molar-refractivity contribution in [3.05, 3.63) is 34.8 Å². The van der Waals surface area contributed by atoms with E-state index >= 15 is 0 Å². The number of piperidine rings is 1. The normalized spacial score (nSPS) is 16.8. The van der Waals surface area contributed by atoms with Gasteiger partial charge in [-0.25, -0.2) is 9.67 Å². The van der Waals surface area contributed by atoms with Crippen molar-refractivity contribution in [3.63, 3.8) is 0 Å². The smallest absolute Gasteiger partial charge is 0.273 e. The highest BCUT2D eigenvalue weighted by Gasteiger charge is 2.26. The Morgan fingerprint density at radius 2 is 2.30 bits per heavy atom. The van der Waals surface area contributed by atoms with Gasteiger partial charge in [-0.1, -0.05) is 5.21 Å². The van der Waals surface area contributed by atoms with Gasteiger partial charge in [0.15, 0.2) is 5.69 Å². The first-order valence-electron chi connectivity index (χ1n) is 8.97. The highest BCUT2D eigenvalue weighted by molar-refractivity contribution is 5.91. The van der Waals surface area contributed by atoms with Gasteiger partial charge in [0.2, 0.25) is 0 Å². The number of carbonyl (C=O) groups excluding carboxylic acids is 1.